The highest BCUT2D eigenvalue weighted by molar-refractivity contribution is 7.13. The molecule has 3 nitrogen and oxygen atoms in total. The van der Waals surface area contributed by atoms with Gasteiger partial charge in [-0.15, -0.1) is 11.3 Å². The molecule has 0 atom stereocenters. The number of nitrogens with zero attached hydrogens (tertiary/aromatic N) is 1. The molecule has 1 N–H and O–H groups in total. The third kappa shape index (κ3) is 3.68. The summed E-state index contributed by atoms with van der Waals surface area (Å²) in [5.74, 6) is -1.23. The molecule has 0 saturated carbocycles. The Labute approximate surface area is 164 Å². The van der Waals surface area contributed by atoms with E-state index in [9.17, 15) is 13.6 Å². The van der Waals surface area contributed by atoms with Gasteiger partial charge in [0.25, 0.3) is 5.91 Å². The maximum Gasteiger partial charge on any atom is 0.255 e. The van der Waals surface area contributed by atoms with Gasteiger partial charge in [-0.25, -0.2) is 13.8 Å². The van der Waals surface area contributed by atoms with Crippen LogP contribution in [-0.2, 0) is 0 Å². The standard InChI is InChI=1S/C22H14F2N2OS/c23-15-7-5-6-14(12-15)21(27)25-19-11-4-2-9-17(19)20-13-28-22(26-20)16-8-1-3-10-18(16)24/h1-13H,(H,25,27). The molecule has 0 radical (unpaired) electrons. The van der Waals surface area contributed by atoms with Crippen molar-refractivity contribution in [2.75, 3.05) is 5.32 Å². The Kier molecular flexibility index (Phi) is 4.95. The minimum Gasteiger partial charge on any atom is -0.321 e. The Morgan fingerprint density at radius 3 is 2.43 bits per heavy atom. The molecule has 0 unspecified atom stereocenters. The molecule has 6 heteroatoms. The summed E-state index contributed by atoms with van der Waals surface area (Å²) >= 11 is 1.32. The molecule has 1 heterocycles. The number of carbonyl (C=O) groups is 1. The van der Waals surface area contributed by atoms with Crippen LogP contribution in [-0.4, -0.2) is 10.9 Å². The molecule has 1 aromatic heterocycles. The average molecular weight is 392 g/mol. The number of carbonyl (C=O) groups excluding carboxylic acids is 1. The number of aromatic nitrogens is 1. The van der Waals surface area contributed by atoms with Crippen LogP contribution in [0.25, 0.3) is 21.8 Å². The van der Waals surface area contributed by atoms with Gasteiger partial charge in [0.05, 0.1) is 11.4 Å². The number of amides is 1. The number of anilines is 1. The topological polar surface area (TPSA) is 42.0 Å². The maximum absolute atomic E-state index is 14.0. The molecule has 1 amide bonds. The van der Waals surface area contributed by atoms with Gasteiger partial charge in [0.1, 0.15) is 16.6 Å². The molecular formula is C22H14F2N2OS. The fourth-order valence-corrected chi connectivity index (χ4v) is 3.64. The fraction of sp³-hybridized carbons (Fsp3) is 0. The van der Waals surface area contributed by atoms with Gasteiger partial charge in [-0.1, -0.05) is 36.4 Å². The Morgan fingerprint density at radius 1 is 0.893 bits per heavy atom. The average Bonchev–Trinajstić information content (AvgIpc) is 3.18. The lowest BCUT2D eigenvalue weighted by Crippen LogP contribution is -2.12. The van der Waals surface area contributed by atoms with Crippen LogP contribution in [0.5, 0.6) is 0 Å². The Hall–Kier alpha value is -3.38. The smallest absolute Gasteiger partial charge is 0.255 e. The van der Waals surface area contributed by atoms with Crippen molar-refractivity contribution in [3.8, 4) is 21.8 Å². The van der Waals surface area contributed by atoms with Crippen LogP contribution in [0.15, 0.2) is 78.2 Å². The van der Waals surface area contributed by atoms with Gasteiger partial charge >= 0.3 is 0 Å². The molecule has 0 aliphatic carbocycles. The van der Waals surface area contributed by atoms with Crippen molar-refractivity contribution in [3.63, 3.8) is 0 Å². The van der Waals surface area contributed by atoms with Gasteiger partial charge in [0.2, 0.25) is 0 Å². The predicted octanol–water partition coefficient (Wildman–Crippen LogP) is 6.01. The van der Waals surface area contributed by atoms with Crippen molar-refractivity contribution in [1.29, 1.82) is 0 Å². The highest BCUT2D eigenvalue weighted by Gasteiger charge is 2.14. The van der Waals surface area contributed by atoms with Crippen LogP contribution in [0.4, 0.5) is 14.5 Å². The first-order chi connectivity index (χ1) is 13.6. The van der Waals surface area contributed by atoms with E-state index < -0.39 is 11.7 Å². The summed E-state index contributed by atoms with van der Waals surface area (Å²) in [5.41, 5.74) is 2.52. The lowest BCUT2D eigenvalue weighted by atomic mass is 10.1. The fourth-order valence-electron chi connectivity index (χ4n) is 2.80. The largest absolute Gasteiger partial charge is 0.321 e. The number of rotatable bonds is 4. The second-order valence-electron chi connectivity index (χ2n) is 6.03. The Morgan fingerprint density at radius 2 is 1.64 bits per heavy atom. The molecule has 0 spiro atoms. The van der Waals surface area contributed by atoms with Crippen molar-refractivity contribution in [3.05, 3.63) is 95.4 Å². The summed E-state index contributed by atoms with van der Waals surface area (Å²) in [6, 6.07) is 19.1. The molecule has 4 aromatic rings. The van der Waals surface area contributed by atoms with Crippen molar-refractivity contribution >= 4 is 22.9 Å². The molecular weight excluding hydrogens is 378 g/mol. The molecule has 4 rings (SSSR count). The zero-order valence-electron chi connectivity index (χ0n) is 14.5. The number of benzene rings is 3. The van der Waals surface area contributed by atoms with E-state index in [4.69, 9.17) is 0 Å². The van der Waals surface area contributed by atoms with E-state index in [2.05, 4.69) is 10.3 Å². The molecule has 28 heavy (non-hydrogen) atoms. The number of nitrogens with one attached hydrogen (secondary N) is 1. The third-order valence-corrected chi connectivity index (χ3v) is 5.02. The number of halogens is 2. The van der Waals surface area contributed by atoms with E-state index in [1.54, 1.807) is 36.4 Å². The van der Waals surface area contributed by atoms with Crippen LogP contribution in [0.3, 0.4) is 0 Å². The highest BCUT2D eigenvalue weighted by atomic mass is 32.1. The van der Waals surface area contributed by atoms with E-state index in [-0.39, 0.29) is 11.4 Å². The third-order valence-electron chi connectivity index (χ3n) is 4.15. The summed E-state index contributed by atoms with van der Waals surface area (Å²) in [7, 11) is 0. The first-order valence-electron chi connectivity index (χ1n) is 8.48. The predicted molar refractivity (Wildman–Crippen MR) is 107 cm³/mol. The summed E-state index contributed by atoms with van der Waals surface area (Å²) in [6.07, 6.45) is 0. The van der Waals surface area contributed by atoms with Crippen LogP contribution in [0.1, 0.15) is 10.4 Å². The maximum atomic E-state index is 14.0. The quantitative estimate of drug-likeness (QED) is 0.462. The second-order valence-corrected chi connectivity index (χ2v) is 6.89. The van der Waals surface area contributed by atoms with Crippen molar-refractivity contribution < 1.29 is 13.6 Å². The van der Waals surface area contributed by atoms with Gasteiger partial charge in [-0.2, -0.15) is 0 Å². The normalized spacial score (nSPS) is 10.6. The van der Waals surface area contributed by atoms with E-state index in [1.165, 1.54) is 35.6 Å². The van der Waals surface area contributed by atoms with Crippen molar-refractivity contribution in [2.45, 2.75) is 0 Å². The molecule has 0 fully saturated rings. The zero-order valence-corrected chi connectivity index (χ0v) is 15.3. The SMILES string of the molecule is O=C(Nc1ccccc1-c1csc(-c2ccccc2F)n1)c1cccc(F)c1. The molecule has 138 valence electrons. The summed E-state index contributed by atoms with van der Waals surface area (Å²) in [6.45, 7) is 0. The van der Waals surface area contributed by atoms with Crippen molar-refractivity contribution in [2.24, 2.45) is 0 Å². The number of hydrogen-bond donors (Lipinski definition) is 1. The molecule has 0 aliphatic heterocycles. The van der Waals surface area contributed by atoms with E-state index in [0.717, 1.165) is 0 Å². The van der Waals surface area contributed by atoms with E-state index in [1.807, 2.05) is 17.5 Å². The van der Waals surface area contributed by atoms with Crippen LogP contribution >= 0.6 is 11.3 Å². The van der Waals surface area contributed by atoms with Gasteiger partial charge in [0.15, 0.2) is 0 Å². The second kappa shape index (κ2) is 7.70. The number of para-hydroxylation sites is 1. The molecule has 3 aromatic carbocycles. The van der Waals surface area contributed by atoms with Gasteiger partial charge in [-0.3, -0.25) is 4.79 Å². The summed E-state index contributed by atoms with van der Waals surface area (Å²) in [5, 5.41) is 5.17. The van der Waals surface area contributed by atoms with Gasteiger partial charge < -0.3 is 5.32 Å². The van der Waals surface area contributed by atoms with E-state index in [0.29, 0.717) is 27.5 Å². The summed E-state index contributed by atoms with van der Waals surface area (Å²) in [4.78, 5) is 17.0. The highest BCUT2D eigenvalue weighted by Crippen LogP contribution is 2.33. The number of thiazole rings is 1. The van der Waals surface area contributed by atoms with E-state index >= 15 is 0 Å². The first-order valence-corrected chi connectivity index (χ1v) is 9.36. The minimum atomic E-state index is -0.477. The van der Waals surface area contributed by atoms with Crippen molar-refractivity contribution in [1.82, 2.24) is 4.98 Å². The first kappa shape index (κ1) is 18.0. The van der Waals surface area contributed by atoms with Crippen LogP contribution in [0, 0.1) is 11.6 Å². The molecule has 0 saturated heterocycles. The monoisotopic (exact) mass is 392 g/mol. The molecule has 0 aliphatic rings. The lowest BCUT2D eigenvalue weighted by Gasteiger charge is -2.09. The molecule has 0 bridgehead atoms. The number of hydrogen-bond acceptors (Lipinski definition) is 3. The van der Waals surface area contributed by atoms with Crippen LogP contribution < -0.4 is 5.32 Å². The Bertz CT molecular complexity index is 1160. The summed E-state index contributed by atoms with van der Waals surface area (Å²) < 4.78 is 27.4. The van der Waals surface area contributed by atoms with Crippen LogP contribution in [0.2, 0.25) is 0 Å². The van der Waals surface area contributed by atoms with Gasteiger partial charge in [0, 0.05) is 22.1 Å². The lowest BCUT2D eigenvalue weighted by molar-refractivity contribution is 0.102. The Balaban J connectivity index is 1.66. The minimum absolute atomic E-state index is 0.222. The van der Waals surface area contributed by atoms with Gasteiger partial charge in [-0.05, 0) is 36.4 Å². The zero-order chi connectivity index (χ0) is 19.5.